The highest BCUT2D eigenvalue weighted by Gasteiger charge is 1.96. The third-order valence-corrected chi connectivity index (χ3v) is 1.12. The standard InChI is InChI=1S/C6H6N2O2/c9-7-5-3-1-2-4-6(5)8-10/h1-4,7,9H. The van der Waals surface area contributed by atoms with Gasteiger partial charge in [0.15, 0.2) is 0 Å². The third-order valence-electron chi connectivity index (χ3n) is 1.12. The fourth-order valence-corrected chi connectivity index (χ4v) is 0.648. The van der Waals surface area contributed by atoms with E-state index in [1.165, 1.54) is 6.07 Å². The van der Waals surface area contributed by atoms with Gasteiger partial charge in [0.05, 0.1) is 5.69 Å². The zero-order chi connectivity index (χ0) is 7.40. The van der Waals surface area contributed by atoms with Crippen LogP contribution in [-0.2, 0) is 0 Å². The Balaban J connectivity index is 3.08. The quantitative estimate of drug-likeness (QED) is 0.484. The molecule has 0 spiro atoms. The van der Waals surface area contributed by atoms with Crippen LogP contribution in [0.15, 0.2) is 29.4 Å². The Morgan fingerprint density at radius 3 is 2.60 bits per heavy atom. The van der Waals surface area contributed by atoms with E-state index in [-0.39, 0.29) is 5.69 Å². The van der Waals surface area contributed by atoms with E-state index in [9.17, 15) is 4.91 Å². The largest absolute Gasteiger partial charge is 0.291 e. The smallest absolute Gasteiger partial charge is 0.133 e. The maximum atomic E-state index is 9.99. The van der Waals surface area contributed by atoms with E-state index in [2.05, 4.69) is 5.18 Å². The Bertz CT molecular complexity index is 237. The Labute approximate surface area is 57.4 Å². The third kappa shape index (κ3) is 1.11. The fraction of sp³-hybridized carbons (Fsp3) is 0. The van der Waals surface area contributed by atoms with Crippen molar-refractivity contribution in [2.75, 3.05) is 5.48 Å². The SMILES string of the molecule is O=Nc1ccccc1NO. The molecule has 1 aromatic carbocycles. The van der Waals surface area contributed by atoms with Crippen molar-refractivity contribution in [3.8, 4) is 0 Å². The van der Waals surface area contributed by atoms with Crippen LogP contribution in [0.25, 0.3) is 0 Å². The predicted octanol–water partition coefficient (Wildman–Crippen LogP) is 1.89. The fourth-order valence-electron chi connectivity index (χ4n) is 0.648. The molecular weight excluding hydrogens is 132 g/mol. The molecule has 0 aliphatic rings. The molecule has 2 N–H and O–H groups in total. The number of nitroso groups, excluding NO2 is 1. The van der Waals surface area contributed by atoms with Crippen LogP contribution >= 0.6 is 0 Å². The molecule has 0 atom stereocenters. The second-order valence-corrected chi connectivity index (χ2v) is 1.72. The number of benzene rings is 1. The molecule has 4 nitrogen and oxygen atoms in total. The van der Waals surface area contributed by atoms with Crippen molar-refractivity contribution in [2.45, 2.75) is 0 Å². The van der Waals surface area contributed by atoms with Crippen LogP contribution in [0.3, 0.4) is 0 Å². The van der Waals surface area contributed by atoms with Gasteiger partial charge in [-0.3, -0.25) is 10.7 Å². The Morgan fingerprint density at radius 2 is 2.10 bits per heavy atom. The molecule has 0 fully saturated rings. The maximum absolute atomic E-state index is 9.99. The van der Waals surface area contributed by atoms with Crippen molar-refractivity contribution in [3.63, 3.8) is 0 Å². The lowest BCUT2D eigenvalue weighted by atomic mass is 10.3. The van der Waals surface area contributed by atoms with Gasteiger partial charge in [-0.05, 0) is 17.3 Å². The lowest BCUT2D eigenvalue weighted by Crippen LogP contribution is -1.87. The summed E-state index contributed by atoms with van der Waals surface area (Å²) in [6, 6.07) is 6.41. The first-order chi connectivity index (χ1) is 4.88. The zero-order valence-corrected chi connectivity index (χ0v) is 5.11. The van der Waals surface area contributed by atoms with Crippen molar-refractivity contribution in [1.29, 1.82) is 0 Å². The first-order valence-corrected chi connectivity index (χ1v) is 2.71. The van der Waals surface area contributed by atoms with Crippen LogP contribution < -0.4 is 5.48 Å². The molecule has 1 rings (SSSR count). The van der Waals surface area contributed by atoms with E-state index in [0.717, 1.165) is 0 Å². The van der Waals surface area contributed by atoms with Gasteiger partial charge in [0.2, 0.25) is 0 Å². The van der Waals surface area contributed by atoms with Crippen LogP contribution in [-0.4, -0.2) is 5.21 Å². The van der Waals surface area contributed by atoms with Crippen LogP contribution in [0.2, 0.25) is 0 Å². The van der Waals surface area contributed by atoms with Crippen molar-refractivity contribution in [2.24, 2.45) is 5.18 Å². The number of nitrogens with zero attached hydrogens (tertiary/aromatic N) is 1. The maximum Gasteiger partial charge on any atom is 0.133 e. The van der Waals surface area contributed by atoms with Gasteiger partial charge in [-0.1, -0.05) is 12.1 Å². The summed E-state index contributed by atoms with van der Waals surface area (Å²) >= 11 is 0. The predicted molar refractivity (Wildman–Crippen MR) is 37.3 cm³/mol. The van der Waals surface area contributed by atoms with Gasteiger partial charge < -0.3 is 0 Å². The topological polar surface area (TPSA) is 61.7 Å². The summed E-state index contributed by atoms with van der Waals surface area (Å²) in [6.45, 7) is 0. The summed E-state index contributed by atoms with van der Waals surface area (Å²) in [5.74, 6) is 0. The van der Waals surface area contributed by atoms with Gasteiger partial charge in [-0.25, -0.2) is 0 Å². The Hall–Kier alpha value is -1.42. The highest BCUT2D eigenvalue weighted by atomic mass is 16.5. The van der Waals surface area contributed by atoms with E-state index in [4.69, 9.17) is 5.21 Å². The van der Waals surface area contributed by atoms with Crippen LogP contribution in [0.5, 0.6) is 0 Å². The molecule has 0 unspecified atom stereocenters. The zero-order valence-electron chi connectivity index (χ0n) is 5.11. The second kappa shape index (κ2) is 2.93. The lowest BCUT2D eigenvalue weighted by molar-refractivity contribution is 0.389. The minimum atomic E-state index is 0.199. The number of hydrogen-bond acceptors (Lipinski definition) is 4. The van der Waals surface area contributed by atoms with E-state index < -0.39 is 0 Å². The molecule has 0 aliphatic heterocycles. The van der Waals surface area contributed by atoms with Gasteiger partial charge >= 0.3 is 0 Å². The summed E-state index contributed by atoms with van der Waals surface area (Å²) in [7, 11) is 0. The van der Waals surface area contributed by atoms with Crippen molar-refractivity contribution in [3.05, 3.63) is 29.2 Å². The lowest BCUT2D eigenvalue weighted by Gasteiger charge is -1.97. The summed E-state index contributed by atoms with van der Waals surface area (Å²) < 4.78 is 0. The molecule has 1 aromatic rings. The van der Waals surface area contributed by atoms with Gasteiger partial charge in [0, 0.05) is 0 Å². The Morgan fingerprint density at radius 1 is 1.40 bits per heavy atom. The van der Waals surface area contributed by atoms with Crippen LogP contribution in [0.1, 0.15) is 0 Å². The highest BCUT2D eigenvalue weighted by Crippen LogP contribution is 2.22. The molecule has 0 saturated heterocycles. The summed E-state index contributed by atoms with van der Waals surface area (Å²) in [5, 5.41) is 11.1. The normalized spacial score (nSPS) is 8.90. The van der Waals surface area contributed by atoms with E-state index in [0.29, 0.717) is 5.69 Å². The van der Waals surface area contributed by atoms with Gasteiger partial charge in [-0.15, -0.1) is 4.91 Å². The van der Waals surface area contributed by atoms with E-state index in [1.807, 2.05) is 5.48 Å². The van der Waals surface area contributed by atoms with Crippen LogP contribution in [0.4, 0.5) is 11.4 Å². The highest BCUT2D eigenvalue weighted by molar-refractivity contribution is 5.63. The molecule has 10 heavy (non-hydrogen) atoms. The number of rotatable bonds is 2. The molecule has 0 heterocycles. The van der Waals surface area contributed by atoms with Gasteiger partial charge in [0.25, 0.3) is 0 Å². The summed E-state index contributed by atoms with van der Waals surface area (Å²) in [6.07, 6.45) is 0. The molecule has 0 aromatic heterocycles. The first kappa shape index (κ1) is 6.70. The molecule has 0 amide bonds. The summed E-state index contributed by atoms with van der Waals surface area (Å²) in [4.78, 5) is 9.99. The molecule has 0 radical (unpaired) electrons. The second-order valence-electron chi connectivity index (χ2n) is 1.72. The van der Waals surface area contributed by atoms with Crippen LogP contribution in [0, 0.1) is 4.91 Å². The monoisotopic (exact) mass is 138 g/mol. The number of anilines is 1. The number of para-hydroxylation sites is 1. The molecule has 0 aliphatic carbocycles. The molecule has 52 valence electrons. The molecule has 0 bridgehead atoms. The minimum Gasteiger partial charge on any atom is -0.291 e. The summed E-state index contributed by atoms with van der Waals surface area (Å²) in [5.41, 5.74) is 2.37. The Kier molecular flexibility index (Phi) is 1.96. The minimum absolute atomic E-state index is 0.199. The molecule has 4 heteroatoms. The first-order valence-electron chi connectivity index (χ1n) is 2.71. The number of hydrogen-bond donors (Lipinski definition) is 2. The number of nitrogens with one attached hydrogen (secondary N) is 1. The van der Waals surface area contributed by atoms with Gasteiger partial charge in [0.1, 0.15) is 5.69 Å². The average molecular weight is 138 g/mol. The van der Waals surface area contributed by atoms with Gasteiger partial charge in [-0.2, -0.15) is 0 Å². The average Bonchev–Trinajstić information content (AvgIpc) is 2.04. The van der Waals surface area contributed by atoms with Crippen molar-refractivity contribution >= 4 is 11.4 Å². The van der Waals surface area contributed by atoms with E-state index >= 15 is 0 Å². The molecular formula is C6H6N2O2. The van der Waals surface area contributed by atoms with Crippen molar-refractivity contribution in [1.82, 2.24) is 0 Å². The van der Waals surface area contributed by atoms with Crippen molar-refractivity contribution < 1.29 is 5.21 Å². The molecule has 0 saturated carbocycles. The van der Waals surface area contributed by atoms with E-state index in [1.54, 1.807) is 18.2 Å².